The highest BCUT2D eigenvalue weighted by molar-refractivity contribution is 6.30. The van der Waals surface area contributed by atoms with Gasteiger partial charge in [0.25, 0.3) is 0 Å². The summed E-state index contributed by atoms with van der Waals surface area (Å²) >= 11 is 6.03. The van der Waals surface area contributed by atoms with Gasteiger partial charge in [0.15, 0.2) is 0 Å². The molecule has 0 spiro atoms. The average Bonchev–Trinajstić information content (AvgIpc) is 2.70. The highest BCUT2D eigenvalue weighted by Crippen LogP contribution is 2.44. The molecule has 6 heteroatoms. The van der Waals surface area contributed by atoms with Crippen LogP contribution in [-0.4, -0.2) is 54.6 Å². The van der Waals surface area contributed by atoms with Crippen molar-refractivity contribution in [2.75, 3.05) is 37.6 Å². The summed E-state index contributed by atoms with van der Waals surface area (Å²) in [5.41, 5.74) is 0.707. The quantitative estimate of drug-likeness (QED) is 0.789. The van der Waals surface area contributed by atoms with Gasteiger partial charge in [0.2, 0.25) is 5.91 Å². The predicted octanol–water partition coefficient (Wildman–Crippen LogP) is 3.48. The molecule has 154 valence electrons. The second-order valence-corrected chi connectivity index (χ2v) is 8.73. The van der Waals surface area contributed by atoms with Gasteiger partial charge in [-0.25, -0.2) is 4.98 Å². The lowest BCUT2D eigenvalue weighted by Crippen LogP contribution is -2.55. The molecular formula is C23H29ClN4O. The highest BCUT2D eigenvalue weighted by atomic mass is 35.5. The number of nitrogens with zero attached hydrogens (tertiary/aromatic N) is 3. The molecule has 0 bridgehead atoms. The minimum Gasteiger partial charge on any atom is -0.354 e. The van der Waals surface area contributed by atoms with E-state index in [4.69, 9.17) is 11.6 Å². The van der Waals surface area contributed by atoms with Crippen LogP contribution >= 0.6 is 11.6 Å². The normalized spacial score (nSPS) is 20.0. The van der Waals surface area contributed by atoms with Gasteiger partial charge in [0, 0.05) is 50.0 Å². The molecule has 1 aromatic heterocycles. The van der Waals surface area contributed by atoms with Crippen molar-refractivity contribution < 1.29 is 4.79 Å². The fourth-order valence-corrected chi connectivity index (χ4v) is 4.57. The van der Waals surface area contributed by atoms with Crippen molar-refractivity contribution >= 4 is 23.3 Å². The number of nitrogens with one attached hydrogen (secondary N) is 1. The van der Waals surface area contributed by atoms with E-state index in [-0.39, 0.29) is 17.4 Å². The molecule has 1 aliphatic carbocycles. The van der Waals surface area contributed by atoms with Crippen LogP contribution in [0.15, 0.2) is 48.7 Å². The molecule has 5 nitrogen and oxygen atoms in total. The number of rotatable bonds is 6. The second-order valence-electron chi connectivity index (χ2n) is 8.29. The van der Waals surface area contributed by atoms with Crippen LogP contribution in [0.25, 0.3) is 0 Å². The third kappa shape index (κ3) is 4.41. The maximum atomic E-state index is 13.1. The van der Waals surface area contributed by atoms with Gasteiger partial charge in [-0.2, -0.15) is 0 Å². The molecule has 1 aromatic carbocycles. The van der Waals surface area contributed by atoms with Crippen LogP contribution < -0.4 is 10.2 Å². The largest absolute Gasteiger partial charge is 0.354 e. The van der Waals surface area contributed by atoms with Gasteiger partial charge in [-0.15, -0.1) is 0 Å². The number of hydrogen-bond acceptors (Lipinski definition) is 4. The van der Waals surface area contributed by atoms with Crippen LogP contribution in [0.3, 0.4) is 0 Å². The Balaban J connectivity index is 1.30. The Morgan fingerprint density at radius 1 is 1.14 bits per heavy atom. The van der Waals surface area contributed by atoms with Gasteiger partial charge in [-0.1, -0.05) is 36.2 Å². The van der Waals surface area contributed by atoms with Gasteiger partial charge >= 0.3 is 0 Å². The molecule has 4 rings (SSSR count). The predicted molar refractivity (Wildman–Crippen MR) is 117 cm³/mol. The molecule has 29 heavy (non-hydrogen) atoms. The Morgan fingerprint density at radius 3 is 2.45 bits per heavy atom. The maximum absolute atomic E-state index is 13.1. The molecule has 2 fully saturated rings. The number of carbonyl (C=O) groups is 1. The number of hydrogen-bond donors (Lipinski definition) is 1. The van der Waals surface area contributed by atoms with Crippen LogP contribution in [-0.2, 0) is 10.2 Å². The van der Waals surface area contributed by atoms with Crippen molar-refractivity contribution in [1.82, 2.24) is 15.2 Å². The standard InChI is InChI=1S/C23H29ClN4O/c1-18(17-27-13-15-28(16-14-27)21-5-2-3-12-25-21)26-22(29)23(10-4-11-23)19-6-8-20(24)9-7-19/h2-3,5-9,12,18H,4,10-11,13-17H2,1H3,(H,26,29). The van der Waals surface area contributed by atoms with E-state index in [2.05, 4.69) is 33.1 Å². The van der Waals surface area contributed by atoms with Crippen LogP contribution in [0.1, 0.15) is 31.7 Å². The molecule has 2 aromatic rings. The first-order valence-electron chi connectivity index (χ1n) is 10.5. The number of piperazine rings is 1. The minimum absolute atomic E-state index is 0.119. The lowest BCUT2D eigenvalue weighted by Gasteiger charge is -2.42. The number of anilines is 1. The van der Waals surface area contributed by atoms with Gasteiger partial charge in [0.05, 0.1) is 5.41 Å². The summed E-state index contributed by atoms with van der Waals surface area (Å²) in [6.07, 6.45) is 4.77. The Labute approximate surface area is 178 Å². The molecule has 1 unspecified atom stereocenters. The lowest BCUT2D eigenvalue weighted by molar-refractivity contribution is -0.130. The maximum Gasteiger partial charge on any atom is 0.230 e. The van der Waals surface area contributed by atoms with Crippen molar-refractivity contribution in [1.29, 1.82) is 0 Å². The molecule has 1 saturated heterocycles. The third-order valence-corrected chi connectivity index (χ3v) is 6.55. The van der Waals surface area contributed by atoms with Gasteiger partial charge < -0.3 is 10.2 Å². The van der Waals surface area contributed by atoms with Crippen molar-refractivity contribution in [2.45, 2.75) is 37.6 Å². The molecule has 1 saturated carbocycles. The Hall–Kier alpha value is -2.11. The van der Waals surface area contributed by atoms with E-state index in [9.17, 15) is 4.79 Å². The number of amides is 1. The molecule has 0 radical (unpaired) electrons. The van der Waals surface area contributed by atoms with Crippen LogP contribution in [0.2, 0.25) is 5.02 Å². The molecule has 1 atom stereocenters. The Morgan fingerprint density at radius 2 is 1.86 bits per heavy atom. The summed E-state index contributed by atoms with van der Waals surface area (Å²) in [5.74, 6) is 1.20. The number of benzene rings is 1. The van der Waals surface area contributed by atoms with E-state index < -0.39 is 0 Å². The molecule has 2 aliphatic rings. The van der Waals surface area contributed by atoms with E-state index in [1.807, 2.05) is 42.6 Å². The summed E-state index contributed by atoms with van der Waals surface area (Å²) in [7, 11) is 0. The van der Waals surface area contributed by atoms with E-state index >= 15 is 0 Å². The summed E-state index contributed by atoms with van der Waals surface area (Å²) in [6.45, 7) is 6.88. The van der Waals surface area contributed by atoms with E-state index in [0.29, 0.717) is 5.02 Å². The van der Waals surface area contributed by atoms with Gasteiger partial charge in [-0.3, -0.25) is 9.69 Å². The first kappa shape index (κ1) is 20.2. The van der Waals surface area contributed by atoms with Gasteiger partial charge in [-0.05, 0) is 49.6 Å². The zero-order valence-electron chi connectivity index (χ0n) is 17.0. The van der Waals surface area contributed by atoms with Crippen molar-refractivity contribution in [3.8, 4) is 0 Å². The second kappa shape index (κ2) is 8.72. The zero-order chi connectivity index (χ0) is 20.3. The first-order chi connectivity index (χ1) is 14.1. The van der Waals surface area contributed by atoms with Crippen molar-refractivity contribution in [3.63, 3.8) is 0 Å². The van der Waals surface area contributed by atoms with Crippen LogP contribution in [0, 0.1) is 0 Å². The van der Waals surface area contributed by atoms with Crippen molar-refractivity contribution in [2.24, 2.45) is 0 Å². The smallest absolute Gasteiger partial charge is 0.230 e. The first-order valence-corrected chi connectivity index (χ1v) is 10.9. The molecule has 1 amide bonds. The monoisotopic (exact) mass is 412 g/mol. The third-order valence-electron chi connectivity index (χ3n) is 6.29. The lowest BCUT2D eigenvalue weighted by atomic mass is 9.63. The van der Waals surface area contributed by atoms with E-state index in [1.165, 1.54) is 0 Å². The molecule has 1 aliphatic heterocycles. The van der Waals surface area contributed by atoms with E-state index in [0.717, 1.165) is 63.4 Å². The summed E-state index contributed by atoms with van der Waals surface area (Å²) in [4.78, 5) is 22.3. The van der Waals surface area contributed by atoms with E-state index in [1.54, 1.807) is 0 Å². The topological polar surface area (TPSA) is 48.5 Å². The molecular weight excluding hydrogens is 384 g/mol. The SMILES string of the molecule is CC(CN1CCN(c2ccccn2)CC1)NC(=O)C1(c2ccc(Cl)cc2)CCC1. The number of carbonyl (C=O) groups excluding carboxylic acids is 1. The minimum atomic E-state index is -0.378. The Bertz CT molecular complexity index is 815. The number of pyridine rings is 1. The number of halogens is 1. The van der Waals surface area contributed by atoms with Crippen LogP contribution in [0.5, 0.6) is 0 Å². The average molecular weight is 413 g/mol. The van der Waals surface area contributed by atoms with Gasteiger partial charge in [0.1, 0.15) is 5.82 Å². The fourth-order valence-electron chi connectivity index (χ4n) is 4.44. The molecule has 1 N–H and O–H groups in total. The van der Waals surface area contributed by atoms with Crippen LogP contribution in [0.4, 0.5) is 5.82 Å². The zero-order valence-corrected chi connectivity index (χ0v) is 17.7. The fraction of sp³-hybridized carbons (Fsp3) is 0.478. The number of aromatic nitrogens is 1. The highest BCUT2D eigenvalue weighted by Gasteiger charge is 2.45. The summed E-state index contributed by atoms with van der Waals surface area (Å²) < 4.78 is 0. The molecule has 2 heterocycles. The summed E-state index contributed by atoms with van der Waals surface area (Å²) in [5, 5.41) is 4.00. The Kier molecular flexibility index (Phi) is 6.07. The van der Waals surface area contributed by atoms with Crippen molar-refractivity contribution in [3.05, 3.63) is 59.2 Å². The summed E-state index contributed by atoms with van der Waals surface area (Å²) in [6, 6.07) is 13.9.